The maximum atomic E-state index is 12.7. The van der Waals surface area contributed by atoms with Gasteiger partial charge in [0.15, 0.2) is 5.11 Å². The van der Waals surface area contributed by atoms with Gasteiger partial charge in [-0.3, -0.25) is 0 Å². The fraction of sp³-hybridized carbons (Fsp3) is 0.462. The van der Waals surface area contributed by atoms with Gasteiger partial charge in [-0.1, -0.05) is 26.0 Å². The van der Waals surface area contributed by atoms with Crippen LogP contribution in [0.25, 0.3) is 0 Å². The van der Waals surface area contributed by atoms with Crippen LogP contribution in [-0.2, 0) is 6.54 Å². The summed E-state index contributed by atoms with van der Waals surface area (Å²) in [6.45, 7) is 4.87. The van der Waals surface area contributed by atoms with Crippen LogP contribution in [0, 0.1) is 5.82 Å². The van der Waals surface area contributed by atoms with E-state index in [9.17, 15) is 4.39 Å². The zero-order valence-corrected chi connectivity index (χ0v) is 11.1. The van der Waals surface area contributed by atoms with Crippen molar-refractivity contribution in [1.82, 2.24) is 10.6 Å². The molecule has 2 nitrogen and oxygen atoms in total. The Morgan fingerprint density at radius 2 is 1.82 bits per heavy atom. The van der Waals surface area contributed by atoms with Crippen molar-refractivity contribution < 1.29 is 4.39 Å². The van der Waals surface area contributed by atoms with Crippen LogP contribution in [0.3, 0.4) is 0 Å². The van der Waals surface area contributed by atoms with Crippen molar-refractivity contribution in [2.24, 2.45) is 0 Å². The molecule has 2 N–H and O–H groups in total. The third-order valence-electron chi connectivity index (χ3n) is 2.69. The normalized spacial score (nSPS) is 10.4. The molecule has 0 aliphatic carbocycles. The second kappa shape index (κ2) is 7.22. The minimum Gasteiger partial charge on any atom is -0.360 e. The number of hydrogen-bond acceptors (Lipinski definition) is 1. The van der Waals surface area contributed by atoms with E-state index in [0.29, 0.717) is 17.7 Å². The van der Waals surface area contributed by atoms with E-state index in [1.807, 2.05) is 0 Å². The fourth-order valence-electron chi connectivity index (χ4n) is 1.51. The van der Waals surface area contributed by atoms with Gasteiger partial charge in [0.1, 0.15) is 5.82 Å². The Morgan fingerprint density at radius 3 is 2.35 bits per heavy atom. The molecule has 0 saturated carbocycles. The molecule has 0 unspecified atom stereocenters. The monoisotopic (exact) mass is 254 g/mol. The van der Waals surface area contributed by atoms with Gasteiger partial charge in [0.2, 0.25) is 0 Å². The summed E-state index contributed by atoms with van der Waals surface area (Å²) in [4.78, 5) is 0. The zero-order valence-electron chi connectivity index (χ0n) is 10.3. The summed E-state index contributed by atoms with van der Waals surface area (Å²) < 4.78 is 12.7. The molecule has 0 saturated heterocycles. The Hall–Kier alpha value is -1.16. The predicted molar refractivity (Wildman–Crippen MR) is 73.3 cm³/mol. The van der Waals surface area contributed by atoms with Gasteiger partial charge in [-0.15, -0.1) is 0 Å². The molecule has 0 aromatic heterocycles. The first-order chi connectivity index (χ1) is 8.15. The Kier molecular flexibility index (Phi) is 5.91. The number of hydrogen-bond donors (Lipinski definition) is 2. The van der Waals surface area contributed by atoms with Crippen molar-refractivity contribution in [2.75, 3.05) is 0 Å². The van der Waals surface area contributed by atoms with E-state index >= 15 is 0 Å². The van der Waals surface area contributed by atoms with Gasteiger partial charge in [-0.25, -0.2) is 4.39 Å². The molecular weight excluding hydrogens is 235 g/mol. The van der Waals surface area contributed by atoms with Crippen LogP contribution in [0.1, 0.15) is 32.3 Å². The lowest BCUT2D eigenvalue weighted by molar-refractivity contribution is 0.564. The Balaban J connectivity index is 2.35. The lowest BCUT2D eigenvalue weighted by atomic mass is 10.2. The molecule has 0 heterocycles. The van der Waals surface area contributed by atoms with Crippen LogP contribution < -0.4 is 10.6 Å². The van der Waals surface area contributed by atoms with E-state index in [-0.39, 0.29) is 5.82 Å². The molecule has 0 aliphatic heterocycles. The molecule has 0 fully saturated rings. The highest BCUT2D eigenvalue weighted by Gasteiger charge is 2.04. The third kappa shape index (κ3) is 5.13. The topological polar surface area (TPSA) is 24.1 Å². The van der Waals surface area contributed by atoms with Crippen molar-refractivity contribution >= 4 is 17.3 Å². The average Bonchev–Trinajstić information content (AvgIpc) is 2.35. The van der Waals surface area contributed by atoms with Gasteiger partial charge in [0.05, 0.1) is 0 Å². The van der Waals surface area contributed by atoms with E-state index in [0.717, 1.165) is 18.4 Å². The molecule has 0 atom stereocenters. The zero-order chi connectivity index (χ0) is 12.7. The quantitative estimate of drug-likeness (QED) is 0.790. The second-order valence-electron chi connectivity index (χ2n) is 3.97. The molecule has 4 heteroatoms. The maximum absolute atomic E-state index is 12.7. The number of rotatable bonds is 5. The van der Waals surface area contributed by atoms with Crippen LogP contribution in [-0.4, -0.2) is 11.2 Å². The van der Waals surface area contributed by atoms with Crippen molar-refractivity contribution in [3.8, 4) is 0 Å². The van der Waals surface area contributed by atoms with Crippen LogP contribution in [0.4, 0.5) is 4.39 Å². The van der Waals surface area contributed by atoms with Gasteiger partial charge in [0.25, 0.3) is 0 Å². The molecule has 1 rings (SSSR count). The molecule has 0 amide bonds. The highest BCUT2D eigenvalue weighted by atomic mass is 32.1. The minimum absolute atomic E-state index is 0.216. The summed E-state index contributed by atoms with van der Waals surface area (Å²) in [5.41, 5.74) is 1.01. The molecule has 0 bridgehead atoms. The van der Waals surface area contributed by atoms with E-state index in [1.54, 1.807) is 12.1 Å². The molecule has 0 radical (unpaired) electrons. The largest absolute Gasteiger partial charge is 0.360 e. The first kappa shape index (κ1) is 13.9. The SMILES string of the molecule is CCC(CC)NC(=S)NCc1ccc(F)cc1. The minimum atomic E-state index is -0.216. The maximum Gasteiger partial charge on any atom is 0.166 e. The molecule has 0 aliphatic rings. The van der Waals surface area contributed by atoms with E-state index in [4.69, 9.17) is 12.2 Å². The number of halogens is 1. The van der Waals surface area contributed by atoms with Crippen LogP contribution in [0.2, 0.25) is 0 Å². The van der Waals surface area contributed by atoms with Gasteiger partial charge in [-0.2, -0.15) is 0 Å². The first-order valence-corrected chi connectivity index (χ1v) is 6.35. The first-order valence-electron chi connectivity index (χ1n) is 5.94. The van der Waals surface area contributed by atoms with Gasteiger partial charge in [-0.05, 0) is 42.8 Å². The summed E-state index contributed by atoms with van der Waals surface area (Å²) in [5.74, 6) is -0.216. The summed E-state index contributed by atoms with van der Waals surface area (Å²) in [7, 11) is 0. The lowest BCUT2D eigenvalue weighted by Gasteiger charge is -2.17. The second-order valence-corrected chi connectivity index (χ2v) is 4.38. The summed E-state index contributed by atoms with van der Waals surface area (Å²) >= 11 is 5.19. The van der Waals surface area contributed by atoms with Gasteiger partial charge >= 0.3 is 0 Å². The molecule has 0 spiro atoms. The van der Waals surface area contributed by atoms with Crippen molar-refractivity contribution in [3.05, 3.63) is 35.6 Å². The summed E-state index contributed by atoms with van der Waals surface area (Å²) in [6, 6.07) is 6.83. The summed E-state index contributed by atoms with van der Waals surface area (Å²) in [6.07, 6.45) is 2.10. The van der Waals surface area contributed by atoms with Crippen LogP contribution >= 0.6 is 12.2 Å². The lowest BCUT2D eigenvalue weighted by Crippen LogP contribution is -2.41. The van der Waals surface area contributed by atoms with Crippen LogP contribution in [0.15, 0.2) is 24.3 Å². The van der Waals surface area contributed by atoms with Crippen molar-refractivity contribution in [3.63, 3.8) is 0 Å². The van der Waals surface area contributed by atoms with E-state index < -0.39 is 0 Å². The van der Waals surface area contributed by atoms with E-state index in [1.165, 1.54) is 12.1 Å². The predicted octanol–water partition coefficient (Wildman–Crippen LogP) is 2.98. The highest BCUT2D eigenvalue weighted by molar-refractivity contribution is 7.80. The van der Waals surface area contributed by atoms with Crippen molar-refractivity contribution in [1.29, 1.82) is 0 Å². The average molecular weight is 254 g/mol. The molecule has 94 valence electrons. The van der Waals surface area contributed by atoms with Gasteiger partial charge < -0.3 is 10.6 Å². The fourth-order valence-corrected chi connectivity index (χ4v) is 1.75. The van der Waals surface area contributed by atoms with Gasteiger partial charge in [0, 0.05) is 12.6 Å². The Bertz CT molecular complexity index is 347. The summed E-state index contributed by atoms with van der Waals surface area (Å²) in [5, 5.41) is 7.02. The molecule has 1 aromatic rings. The third-order valence-corrected chi connectivity index (χ3v) is 2.95. The Labute approximate surface area is 108 Å². The number of benzene rings is 1. The molecule has 17 heavy (non-hydrogen) atoms. The molecular formula is C13H19FN2S. The highest BCUT2D eigenvalue weighted by Crippen LogP contribution is 2.02. The smallest absolute Gasteiger partial charge is 0.166 e. The van der Waals surface area contributed by atoms with Crippen LogP contribution in [0.5, 0.6) is 0 Å². The van der Waals surface area contributed by atoms with Crippen molar-refractivity contribution in [2.45, 2.75) is 39.3 Å². The standard InChI is InChI=1S/C13H19FN2S/c1-3-12(4-2)16-13(17)15-9-10-5-7-11(14)8-6-10/h5-8,12H,3-4,9H2,1-2H3,(H2,15,16,17). The van der Waals surface area contributed by atoms with E-state index in [2.05, 4.69) is 24.5 Å². The number of thiocarbonyl (C=S) groups is 1. The number of nitrogens with one attached hydrogen (secondary N) is 2. The molecule has 1 aromatic carbocycles. The Morgan fingerprint density at radius 1 is 1.24 bits per heavy atom.